The summed E-state index contributed by atoms with van der Waals surface area (Å²) in [4.78, 5) is 16.0. The van der Waals surface area contributed by atoms with E-state index in [0.717, 1.165) is 13.1 Å². The van der Waals surface area contributed by atoms with Crippen LogP contribution in [0.5, 0.6) is 0 Å². The number of amides is 1. The molecule has 0 spiro atoms. The Hall–Kier alpha value is -3.51. The number of aromatic nitrogens is 1. The van der Waals surface area contributed by atoms with Gasteiger partial charge in [0.15, 0.2) is 0 Å². The fraction of sp³-hybridized carbons (Fsp3) is 0.314. The van der Waals surface area contributed by atoms with E-state index in [1.165, 1.54) is 67.0 Å². The van der Waals surface area contributed by atoms with Crippen LogP contribution in [0, 0.1) is 12.1 Å². The van der Waals surface area contributed by atoms with E-state index in [0.29, 0.717) is 12.1 Å². The Bertz CT molecular complexity index is 1140. The van der Waals surface area contributed by atoms with E-state index in [4.69, 9.17) is 0 Å². The van der Waals surface area contributed by atoms with Crippen LogP contribution in [0.3, 0.4) is 0 Å². The third-order valence-electron chi connectivity index (χ3n) is 7.60. The van der Waals surface area contributed by atoms with Crippen LogP contribution < -0.4 is 26.5 Å². The number of pyridine rings is 1. The molecule has 0 aliphatic carbocycles. The van der Waals surface area contributed by atoms with Gasteiger partial charge < -0.3 is 5.32 Å². The molecular weight excluding hydrogens is 509 g/mol. The summed E-state index contributed by atoms with van der Waals surface area (Å²) in [6.45, 7) is 2.41. The van der Waals surface area contributed by atoms with Crippen molar-refractivity contribution in [2.45, 2.75) is 44.9 Å². The Morgan fingerprint density at radius 1 is 0.675 bits per heavy atom. The predicted molar refractivity (Wildman–Crippen MR) is 171 cm³/mol. The average molecular weight is 552 g/mol. The fourth-order valence-electron chi connectivity index (χ4n) is 5.50. The van der Waals surface area contributed by atoms with E-state index < -0.39 is 7.26 Å². The van der Waals surface area contributed by atoms with E-state index in [1.54, 1.807) is 24.5 Å². The van der Waals surface area contributed by atoms with Gasteiger partial charge >= 0.3 is 190 Å². The number of rotatable bonds is 17. The molecule has 1 aromatic heterocycles. The van der Waals surface area contributed by atoms with Gasteiger partial charge in [-0.05, 0) is 12.1 Å². The van der Waals surface area contributed by atoms with Crippen LogP contribution >= 0.6 is 7.26 Å². The predicted octanol–water partition coefficient (Wildman–Crippen LogP) is 5.46. The molecule has 1 heterocycles. The van der Waals surface area contributed by atoms with Crippen molar-refractivity contribution in [2.24, 2.45) is 0 Å². The first-order valence-electron chi connectivity index (χ1n) is 14.7. The van der Waals surface area contributed by atoms with E-state index in [1.807, 2.05) is 6.07 Å². The molecule has 0 radical (unpaired) electrons. The van der Waals surface area contributed by atoms with E-state index in [9.17, 15) is 4.79 Å². The molecule has 5 heteroatoms. The molecule has 2 N–H and O–H groups in total. The average Bonchev–Trinajstić information content (AvgIpc) is 3.03. The summed E-state index contributed by atoms with van der Waals surface area (Å²) in [5, 5.41) is 10.7. The van der Waals surface area contributed by atoms with Crippen molar-refractivity contribution in [1.82, 2.24) is 15.6 Å². The SMILES string of the molecule is O=C(NCCNCCCCCCCCC[PH](c1cc#ccc1)(c1ccccc1)c1ccccc1)c1cccnc1. The number of hydrogen-bond acceptors (Lipinski definition) is 3. The topological polar surface area (TPSA) is 54.0 Å². The summed E-state index contributed by atoms with van der Waals surface area (Å²) in [6.07, 6.45) is 13.3. The molecule has 0 bridgehead atoms. The largest absolute Gasteiger partial charge is 0.264 e. The first-order chi connectivity index (χ1) is 19.8. The number of unbranched alkanes of at least 4 members (excludes halogenated alkanes) is 6. The molecule has 40 heavy (non-hydrogen) atoms. The number of hydrogen-bond donors (Lipinski definition) is 2. The van der Waals surface area contributed by atoms with E-state index >= 15 is 0 Å². The Balaban J connectivity index is 1.16. The third-order valence-corrected chi connectivity index (χ3v) is 12.6. The Morgan fingerprint density at radius 2 is 1.35 bits per heavy atom. The summed E-state index contributed by atoms with van der Waals surface area (Å²) in [5.41, 5.74) is 0.605. The van der Waals surface area contributed by atoms with Crippen molar-refractivity contribution < 1.29 is 4.79 Å². The minimum Gasteiger partial charge on any atom is -0.264 e. The number of carbonyl (C=O) groups excluding carboxylic acids is 1. The zero-order chi connectivity index (χ0) is 27.7. The summed E-state index contributed by atoms with van der Waals surface area (Å²) < 4.78 is 0. The minimum atomic E-state index is -2.14. The van der Waals surface area contributed by atoms with Crippen molar-refractivity contribution in [3.05, 3.63) is 121 Å². The number of nitrogens with zero attached hydrogens (tertiary/aromatic N) is 1. The summed E-state index contributed by atoms with van der Waals surface area (Å²) in [5.74, 6) is -0.0667. The number of nitrogens with one attached hydrogen (secondary N) is 2. The first-order valence-corrected chi connectivity index (χ1v) is 16.9. The van der Waals surface area contributed by atoms with Gasteiger partial charge in [-0.1, -0.05) is 0 Å². The van der Waals surface area contributed by atoms with Crippen LogP contribution in [0.2, 0.25) is 0 Å². The zero-order valence-corrected chi connectivity index (χ0v) is 24.4. The molecule has 0 aliphatic heterocycles. The van der Waals surface area contributed by atoms with Crippen molar-refractivity contribution in [2.75, 3.05) is 25.8 Å². The molecule has 0 fully saturated rings. The molecule has 0 saturated carbocycles. The summed E-state index contributed by atoms with van der Waals surface area (Å²) in [6, 6.07) is 38.7. The van der Waals surface area contributed by atoms with Crippen LogP contribution in [-0.4, -0.2) is 36.7 Å². The normalized spacial score (nSPS) is 11.5. The fourth-order valence-corrected chi connectivity index (χ4v) is 10.4. The Labute approximate surface area is 241 Å². The standard InChI is InChI=1S/C35H42N3OP/c39-35(31-18-17-26-37-30-31)38-28-27-36-25-15-4-2-1-3-5-16-29-40(32-19-9-6-10-20-32,33-21-11-7-12-22-33)34-23-13-8-14-24-34/h6-7,9-13,17-24,26,30,36,40H,1-5,15-16,25,27-29H2,(H,38,39). The first kappa shape index (κ1) is 29.5. The molecule has 0 unspecified atom stereocenters. The maximum atomic E-state index is 12.0. The molecule has 208 valence electrons. The van der Waals surface area contributed by atoms with Gasteiger partial charge in [0.2, 0.25) is 0 Å². The van der Waals surface area contributed by atoms with Gasteiger partial charge in [0, 0.05) is 12.4 Å². The van der Waals surface area contributed by atoms with Gasteiger partial charge in [-0.2, -0.15) is 0 Å². The van der Waals surface area contributed by atoms with Gasteiger partial charge in [0.25, 0.3) is 5.91 Å². The maximum absolute atomic E-state index is 12.0. The molecule has 4 rings (SSSR count). The monoisotopic (exact) mass is 551 g/mol. The number of carbonyl (C=O) groups is 1. The maximum Gasteiger partial charge on any atom is 0.0576 e. The molecule has 4 aromatic rings. The van der Waals surface area contributed by atoms with Crippen molar-refractivity contribution in [1.29, 1.82) is 0 Å². The van der Waals surface area contributed by atoms with Crippen molar-refractivity contribution in [3.8, 4) is 0 Å². The minimum absolute atomic E-state index is 0.0667. The van der Waals surface area contributed by atoms with E-state index in [-0.39, 0.29) is 5.91 Å². The van der Waals surface area contributed by atoms with Crippen molar-refractivity contribution in [3.63, 3.8) is 0 Å². The van der Waals surface area contributed by atoms with Gasteiger partial charge in [-0.3, -0.25) is 9.78 Å². The molecule has 0 atom stereocenters. The molecule has 3 aromatic carbocycles. The Kier molecular flexibility index (Phi) is 12.2. The molecular formula is C35H42N3OP. The van der Waals surface area contributed by atoms with E-state index in [2.05, 4.69) is 101 Å². The van der Waals surface area contributed by atoms with Crippen LogP contribution in [-0.2, 0) is 0 Å². The van der Waals surface area contributed by atoms with Crippen LogP contribution in [0.25, 0.3) is 0 Å². The van der Waals surface area contributed by atoms with Gasteiger partial charge in [-0.15, -0.1) is 0 Å². The summed E-state index contributed by atoms with van der Waals surface area (Å²) >= 11 is 0. The third kappa shape index (κ3) is 8.49. The molecule has 0 aliphatic rings. The second-order valence-electron chi connectivity index (χ2n) is 10.3. The van der Waals surface area contributed by atoms with Gasteiger partial charge in [-0.25, -0.2) is 0 Å². The second kappa shape index (κ2) is 16.6. The molecule has 1 amide bonds. The smallest absolute Gasteiger partial charge is 0.0576 e. The van der Waals surface area contributed by atoms with Crippen molar-refractivity contribution >= 4 is 29.1 Å². The molecule has 0 saturated heterocycles. The number of benzene rings is 2. The second-order valence-corrected chi connectivity index (χ2v) is 14.4. The molecule has 4 nitrogen and oxygen atoms in total. The van der Waals surface area contributed by atoms with Gasteiger partial charge in [0.05, 0.1) is 5.56 Å². The van der Waals surface area contributed by atoms with Crippen LogP contribution in [0.1, 0.15) is 55.3 Å². The van der Waals surface area contributed by atoms with Crippen LogP contribution in [0.4, 0.5) is 0 Å². The zero-order valence-electron chi connectivity index (χ0n) is 23.4. The summed E-state index contributed by atoms with van der Waals surface area (Å²) in [7, 11) is -2.14. The Morgan fingerprint density at radius 3 is 1.98 bits per heavy atom. The van der Waals surface area contributed by atoms with Crippen LogP contribution in [0.15, 0.2) is 103 Å². The van der Waals surface area contributed by atoms with Gasteiger partial charge in [0.1, 0.15) is 0 Å². The quantitative estimate of drug-likeness (QED) is 0.135.